The van der Waals surface area contributed by atoms with Crippen LogP contribution in [0, 0.1) is 10.1 Å². The van der Waals surface area contributed by atoms with Gasteiger partial charge in [0.25, 0.3) is 5.69 Å². The number of nitrogens with zero attached hydrogens (tertiary/aromatic N) is 1. The van der Waals surface area contributed by atoms with Crippen molar-refractivity contribution in [3.05, 3.63) is 33.9 Å². The number of nitro groups is 1. The first-order valence-corrected chi connectivity index (χ1v) is 4.62. The maximum Gasteiger partial charge on any atom is 0.416 e. The first-order chi connectivity index (χ1) is 8.14. The number of benzene rings is 1. The molecular formula is C9H9F3N2O4. The Bertz CT molecular complexity index is 464. The Balaban J connectivity index is 3.16. The number of halogens is 3. The highest BCUT2D eigenvalue weighted by Gasteiger charge is 2.43. The summed E-state index contributed by atoms with van der Waals surface area (Å²) in [6.45, 7) is 0. The quantitative estimate of drug-likeness (QED) is 0.563. The van der Waals surface area contributed by atoms with Gasteiger partial charge < -0.3 is 15.9 Å². The van der Waals surface area contributed by atoms with Gasteiger partial charge in [0.2, 0.25) is 0 Å². The molecule has 0 unspecified atom stereocenters. The summed E-state index contributed by atoms with van der Waals surface area (Å²) >= 11 is 0. The van der Waals surface area contributed by atoms with Crippen LogP contribution in [0.4, 0.5) is 18.9 Å². The van der Waals surface area contributed by atoms with Gasteiger partial charge in [-0.1, -0.05) is 0 Å². The van der Waals surface area contributed by atoms with Crippen LogP contribution in [0.5, 0.6) is 5.75 Å². The minimum atomic E-state index is -4.99. The molecule has 2 atom stereocenters. The number of non-ortho nitro benzene ring substituents is 1. The molecule has 18 heavy (non-hydrogen) atoms. The molecule has 100 valence electrons. The topological polar surface area (TPSA) is 110 Å². The van der Waals surface area contributed by atoms with E-state index in [9.17, 15) is 28.4 Å². The highest BCUT2D eigenvalue weighted by molar-refractivity contribution is 5.45. The molecule has 6 nitrogen and oxygen atoms in total. The molecule has 0 radical (unpaired) electrons. The summed E-state index contributed by atoms with van der Waals surface area (Å²) in [4.78, 5) is 9.60. The minimum absolute atomic E-state index is 0.535. The van der Waals surface area contributed by atoms with Gasteiger partial charge in [0, 0.05) is 17.7 Å². The van der Waals surface area contributed by atoms with Crippen LogP contribution in [0.15, 0.2) is 18.2 Å². The van der Waals surface area contributed by atoms with Crippen molar-refractivity contribution in [2.24, 2.45) is 5.73 Å². The molecule has 1 aromatic rings. The summed E-state index contributed by atoms with van der Waals surface area (Å²) in [5, 5.41) is 28.7. The zero-order valence-electron chi connectivity index (χ0n) is 8.76. The van der Waals surface area contributed by atoms with E-state index in [0.29, 0.717) is 6.07 Å². The Kier molecular flexibility index (Phi) is 3.77. The number of aliphatic hydroxyl groups is 1. The maximum absolute atomic E-state index is 12.2. The Labute approximate surface area is 98.6 Å². The predicted molar refractivity (Wildman–Crippen MR) is 53.8 cm³/mol. The minimum Gasteiger partial charge on any atom is -0.508 e. The molecule has 0 aliphatic rings. The van der Waals surface area contributed by atoms with E-state index in [1.807, 2.05) is 0 Å². The van der Waals surface area contributed by atoms with Crippen LogP contribution in [-0.2, 0) is 0 Å². The monoisotopic (exact) mass is 266 g/mol. The number of nitrogens with two attached hydrogens (primary N) is 1. The molecule has 9 heteroatoms. The van der Waals surface area contributed by atoms with Crippen LogP contribution in [0.2, 0.25) is 0 Å². The smallest absolute Gasteiger partial charge is 0.416 e. The molecule has 0 fully saturated rings. The summed E-state index contributed by atoms with van der Waals surface area (Å²) in [6.07, 6.45) is -7.92. The molecular weight excluding hydrogens is 257 g/mol. The normalized spacial score (nSPS) is 15.2. The first kappa shape index (κ1) is 14.2. The third-order valence-corrected chi connectivity index (χ3v) is 2.26. The maximum atomic E-state index is 12.2. The van der Waals surface area contributed by atoms with E-state index < -0.39 is 40.2 Å². The summed E-state index contributed by atoms with van der Waals surface area (Å²) < 4.78 is 36.7. The van der Waals surface area contributed by atoms with E-state index in [4.69, 9.17) is 10.8 Å². The number of phenols is 1. The Morgan fingerprint density at radius 3 is 2.39 bits per heavy atom. The number of alkyl halides is 3. The van der Waals surface area contributed by atoms with Crippen molar-refractivity contribution in [3.8, 4) is 5.75 Å². The summed E-state index contributed by atoms with van der Waals surface area (Å²) in [5.74, 6) is -0.656. The van der Waals surface area contributed by atoms with Crippen molar-refractivity contribution in [1.29, 1.82) is 0 Å². The number of aliphatic hydroxyl groups excluding tert-OH is 1. The van der Waals surface area contributed by atoms with Crippen molar-refractivity contribution in [2.75, 3.05) is 0 Å². The first-order valence-electron chi connectivity index (χ1n) is 4.62. The van der Waals surface area contributed by atoms with Crippen molar-refractivity contribution >= 4 is 5.69 Å². The van der Waals surface area contributed by atoms with Crippen LogP contribution in [0.25, 0.3) is 0 Å². The van der Waals surface area contributed by atoms with Gasteiger partial charge in [-0.25, -0.2) is 0 Å². The van der Waals surface area contributed by atoms with Crippen molar-refractivity contribution in [2.45, 2.75) is 18.3 Å². The van der Waals surface area contributed by atoms with Crippen LogP contribution in [-0.4, -0.2) is 27.4 Å². The average molecular weight is 266 g/mol. The number of hydrogen-bond acceptors (Lipinski definition) is 5. The molecule has 0 aliphatic carbocycles. The number of nitro benzene ring substituents is 1. The van der Waals surface area contributed by atoms with Gasteiger partial charge >= 0.3 is 6.18 Å². The van der Waals surface area contributed by atoms with Gasteiger partial charge in [-0.15, -0.1) is 0 Å². The molecule has 1 aromatic carbocycles. The lowest BCUT2D eigenvalue weighted by molar-refractivity contribution is -0.385. The molecule has 0 bridgehead atoms. The second-order valence-corrected chi connectivity index (χ2v) is 3.51. The summed E-state index contributed by atoms with van der Waals surface area (Å²) in [5.41, 5.74) is 4.06. The number of aromatic hydroxyl groups is 1. The van der Waals surface area contributed by atoms with Crippen molar-refractivity contribution in [1.82, 2.24) is 0 Å². The van der Waals surface area contributed by atoms with E-state index in [-0.39, 0.29) is 0 Å². The summed E-state index contributed by atoms with van der Waals surface area (Å²) in [6, 6.07) is 0.432. The lowest BCUT2D eigenvalue weighted by Crippen LogP contribution is -2.38. The van der Waals surface area contributed by atoms with Crippen molar-refractivity contribution < 1.29 is 28.3 Å². The number of hydrogen-bond donors (Lipinski definition) is 3. The molecule has 0 saturated heterocycles. The van der Waals surface area contributed by atoms with Crippen LogP contribution in [0.1, 0.15) is 11.6 Å². The second kappa shape index (κ2) is 4.78. The lowest BCUT2D eigenvalue weighted by Gasteiger charge is -2.22. The Morgan fingerprint density at radius 1 is 1.39 bits per heavy atom. The highest BCUT2D eigenvalue weighted by atomic mass is 19.4. The summed E-state index contributed by atoms with van der Waals surface area (Å²) in [7, 11) is 0. The second-order valence-electron chi connectivity index (χ2n) is 3.51. The van der Waals surface area contributed by atoms with E-state index in [2.05, 4.69) is 0 Å². The van der Waals surface area contributed by atoms with Gasteiger partial charge in [-0.2, -0.15) is 13.2 Å². The molecule has 0 saturated carbocycles. The fraction of sp³-hybridized carbons (Fsp3) is 0.333. The largest absolute Gasteiger partial charge is 0.508 e. The molecule has 4 N–H and O–H groups in total. The average Bonchev–Trinajstić information content (AvgIpc) is 2.26. The van der Waals surface area contributed by atoms with Gasteiger partial charge in [0.1, 0.15) is 5.75 Å². The molecule has 1 rings (SSSR count). The van der Waals surface area contributed by atoms with Crippen LogP contribution >= 0.6 is 0 Å². The van der Waals surface area contributed by atoms with Gasteiger partial charge in [-0.3, -0.25) is 10.1 Å². The Morgan fingerprint density at radius 2 is 1.94 bits per heavy atom. The number of rotatable bonds is 3. The number of phenolic OH excluding ortho intramolecular Hbond substituents is 1. The molecule has 0 aromatic heterocycles. The molecule has 0 heterocycles. The highest BCUT2D eigenvalue weighted by Crippen LogP contribution is 2.34. The van der Waals surface area contributed by atoms with E-state index in [1.165, 1.54) is 0 Å². The fourth-order valence-electron chi connectivity index (χ4n) is 1.30. The van der Waals surface area contributed by atoms with Gasteiger partial charge in [-0.05, 0) is 6.07 Å². The van der Waals surface area contributed by atoms with Gasteiger partial charge in [0.15, 0.2) is 6.10 Å². The zero-order chi connectivity index (χ0) is 14.1. The molecule has 0 amide bonds. The zero-order valence-corrected chi connectivity index (χ0v) is 8.76. The molecule has 0 aliphatic heterocycles. The standard InChI is InChI=1S/C9H9F3N2O4/c10-9(11,12)8(16)7(13)5-3-4(14(17)18)1-2-6(5)15/h1-3,7-8,15-16H,13H2/t7-,8-/m0/s1. The Hall–Kier alpha value is -1.87. The van der Waals surface area contributed by atoms with Gasteiger partial charge in [0.05, 0.1) is 11.0 Å². The van der Waals surface area contributed by atoms with Crippen LogP contribution < -0.4 is 5.73 Å². The van der Waals surface area contributed by atoms with E-state index in [1.54, 1.807) is 0 Å². The van der Waals surface area contributed by atoms with Crippen molar-refractivity contribution in [3.63, 3.8) is 0 Å². The third kappa shape index (κ3) is 2.87. The predicted octanol–water partition coefficient (Wildman–Crippen LogP) is 1.22. The van der Waals surface area contributed by atoms with Crippen LogP contribution in [0.3, 0.4) is 0 Å². The lowest BCUT2D eigenvalue weighted by atomic mass is 10.0. The third-order valence-electron chi connectivity index (χ3n) is 2.26. The molecule has 0 spiro atoms. The van der Waals surface area contributed by atoms with E-state index in [0.717, 1.165) is 12.1 Å². The SMILES string of the molecule is N[C@@H](c1cc([N+](=O)[O-])ccc1O)[C@H](O)C(F)(F)F. The fourth-order valence-corrected chi connectivity index (χ4v) is 1.30. The van der Waals surface area contributed by atoms with E-state index >= 15 is 0 Å².